The Hall–Kier alpha value is -2.57. The van der Waals surface area contributed by atoms with Crippen molar-refractivity contribution in [3.8, 4) is 11.3 Å². The summed E-state index contributed by atoms with van der Waals surface area (Å²) in [5.41, 5.74) is 6.77. The van der Waals surface area contributed by atoms with E-state index in [0.29, 0.717) is 11.5 Å². The SMILES string of the molecule is Cn1ccc(-c2cc(=O)n3c(N)n[nH]c3n2)c1. The molecular weight excluding hydrogens is 220 g/mol. The number of rotatable bonds is 1. The third kappa shape index (κ3) is 1.40. The summed E-state index contributed by atoms with van der Waals surface area (Å²) in [5, 5.41) is 6.36. The van der Waals surface area contributed by atoms with E-state index in [1.54, 1.807) is 0 Å². The number of nitrogens with one attached hydrogen (secondary N) is 1. The number of nitrogens with zero attached hydrogens (tertiary/aromatic N) is 4. The van der Waals surface area contributed by atoms with Crippen molar-refractivity contribution in [1.29, 1.82) is 0 Å². The summed E-state index contributed by atoms with van der Waals surface area (Å²) in [5.74, 6) is 0.450. The predicted molar refractivity (Wildman–Crippen MR) is 62.4 cm³/mol. The van der Waals surface area contributed by atoms with E-state index in [-0.39, 0.29) is 11.5 Å². The molecule has 0 aliphatic heterocycles. The smallest absolute Gasteiger partial charge is 0.262 e. The topological polar surface area (TPSA) is 94.0 Å². The van der Waals surface area contributed by atoms with E-state index in [4.69, 9.17) is 5.73 Å². The van der Waals surface area contributed by atoms with Gasteiger partial charge in [-0.15, -0.1) is 5.10 Å². The second-order valence-corrected chi connectivity index (χ2v) is 3.79. The second kappa shape index (κ2) is 3.21. The van der Waals surface area contributed by atoms with Crippen molar-refractivity contribution < 1.29 is 0 Å². The fourth-order valence-corrected chi connectivity index (χ4v) is 1.74. The van der Waals surface area contributed by atoms with E-state index < -0.39 is 0 Å². The van der Waals surface area contributed by atoms with Gasteiger partial charge in [-0.1, -0.05) is 0 Å². The van der Waals surface area contributed by atoms with Gasteiger partial charge in [0.1, 0.15) is 0 Å². The third-order valence-electron chi connectivity index (χ3n) is 2.55. The zero-order valence-corrected chi connectivity index (χ0v) is 9.08. The minimum absolute atomic E-state index is 0.108. The van der Waals surface area contributed by atoms with Gasteiger partial charge >= 0.3 is 0 Å². The van der Waals surface area contributed by atoms with Crippen molar-refractivity contribution in [2.45, 2.75) is 0 Å². The Labute approximate surface area is 95.5 Å². The number of aromatic amines is 1. The van der Waals surface area contributed by atoms with E-state index >= 15 is 0 Å². The fraction of sp³-hybridized carbons (Fsp3) is 0.100. The van der Waals surface area contributed by atoms with Gasteiger partial charge in [-0.05, 0) is 6.07 Å². The molecule has 0 bridgehead atoms. The number of nitrogen functional groups attached to an aromatic ring is 1. The third-order valence-corrected chi connectivity index (χ3v) is 2.55. The van der Waals surface area contributed by atoms with Gasteiger partial charge in [0.15, 0.2) is 0 Å². The molecule has 0 radical (unpaired) electrons. The molecule has 3 heterocycles. The van der Waals surface area contributed by atoms with Crippen molar-refractivity contribution in [2.24, 2.45) is 7.05 Å². The molecule has 7 nitrogen and oxygen atoms in total. The van der Waals surface area contributed by atoms with Crippen LogP contribution in [0.15, 0.2) is 29.3 Å². The molecule has 0 atom stereocenters. The molecule has 7 heteroatoms. The molecule has 3 rings (SSSR count). The number of hydrogen-bond acceptors (Lipinski definition) is 4. The molecule has 0 aliphatic rings. The molecule has 0 aromatic carbocycles. The van der Waals surface area contributed by atoms with Gasteiger partial charge in [-0.2, -0.15) is 0 Å². The molecular formula is C10H10N6O. The van der Waals surface area contributed by atoms with Crippen molar-refractivity contribution in [3.63, 3.8) is 0 Å². The number of hydrogen-bond donors (Lipinski definition) is 2. The van der Waals surface area contributed by atoms with Crippen LogP contribution < -0.4 is 11.3 Å². The number of nitrogens with two attached hydrogens (primary N) is 1. The summed E-state index contributed by atoms with van der Waals surface area (Å²) >= 11 is 0. The lowest BCUT2D eigenvalue weighted by Crippen LogP contribution is -2.15. The lowest BCUT2D eigenvalue weighted by atomic mass is 10.2. The summed E-state index contributed by atoms with van der Waals surface area (Å²) in [6, 6.07) is 3.33. The molecule has 0 fully saturated rings. The highest BCUT2D eigenvalue weighted by Crippen LogP contribution is 2.15. The highest BCUT2D eigenvalue weighted by Gasteiger charge is 2.09. The Kier molecular flexibility index (Phi) is 1.82. The van der Waals surface area contributed by atoms with Gasteiger partial charge in [-0.25, -0.2) is 14.5 Å². The summed E-state index contributed by atoms with van der Waals surface area (Å²) in [6.45, 7) is 0. The summed E-state index contributed by atoms with van der Waals surface area (Å²) < 4.78 is 3.12. The maximum atomic E-state index is 11.8. The highest BCUT2D eigenvalue weighted by molar-refractivity contribution is 5.60. The van der Waals surface area contributed by atoms with E-state index in [9.17, 15) is 4.79 Å². The quantitative estimate of drug-likeness (QED) is 0.615. The minimum Gasteiger partial charge on any atom is -0.368 e. The van der Waals surface area contributed by atoms with Gasteiger partial charge in [0, 0.05) is 31.1 Å². The van der Waals surface area contributed by atoms with E-state index in [1.807, 2.05) is 30.1 Å². The fourth-order valence-electron chi connectivity index (χ4n) is 1.74. The van der Waals surface area contributed by atoms with Gasteiger partial charge in [0.05, 0.1) is 5.69 Å². The van der Waals surface area contributed by atoms with Crippen LogP contribution in [0.25, 0.3) is 17.0 Å². The van der Waals surface area contributed by atoms with Gasteiger partial charge in [-0.3, -0.25) is 4.79 Å². The van der Waals surface area contributed by atoms with E-state index in [2.05, 4.69) is 15.2 Å². The molecule has 0 amide bonds. The Bertz CT molecular complexity index is 750. The Morgan fingerprint density at radius 3 is 3.00 bits per heavy atom. The number of anilines is 1. The molecule has 86 valence electrons. The molecule has 0 unspecified atom stereocenters. The standard InChI is InChI=1S/C10H10N6O/c1-15-3-2-6(5-15)7-4-8(17)16-9(11)13-14-10(16)12-7/h2-5H,1H3,(H2,11,13)(H,12,14). The van der Waals surface area contributed by atoms with Crippen molar-refractivity contribution in [1.82, 2.24) is 24.1 Å². The van der Waals surface area contributed by atoms with Crippen LogP contribution in [-0.4, -0.2) is 24.1 Å². The van der Waals surface area contributed by atoms with Crippen LogP contribution >= 0.6 is 0 Å². The maximum Gasteiger partial charge on any atom is 0.262 e. The van der Waals surface area contributed by atoms with Gasteiger partial charge in [0.2, 0.25) is 11.7 Å². The lowest BCUT2D eigenvalue weighted by Gasteiger charge is -1.97. The van der Waals surface area contributed by atoms with Crippen LogP contribution in [-0.2, 0) is 7.05 Å². The number of aromatic nitrogens is 5. The van der Waals surface area contributed by atoms with Crippen LogP contribution in [0.2, 0.25) is 0 Å². The van der Waals surface area contributed by atoms with E-state index in [0.717, 1.165) is 5.56 Å². The first kappa shape index (κ1) is 9.64. The van der Waals surface area contributed by atoms with Crippen LogP contribution in [0, 0.1) is 0 Å². The Morgan fingerprint density at radius 2 is 2.29 bits per heavy atom. The number of H-pyrrole nitrogens is 1. The lowest BCUT2D eigenvalue weighted by molar-refractivity contribution is 0.928. The molecule has 0 spiro atoms. The molecule has 3 aromatic rings. The summed E-state index contributed by atoms with van der Waals surface area (Å²) in [6.07, 6.45) is 3.78. The van der Waals surface area contributed by atoms with Gasteiger partial charge < -0.3 is 10.3 Å². The zero-order chi connectivity index (χ0) is 12.0. The average molecular weight is 230 g/mol. The zero-order valence-electron chi connectivity index (χ0n) is 9.08. The second-order valence-electron chi connectivity index (χ2n) is 3.79. The monoisotopic (exact) mass is 230 g/mol. The molecule has 3 aromatic heterocycles. The van der Waals surface area contributed by atoms with Crippen molar-refractivity contribution >= 4 is 11.7 Å². The first-order valence-electron chi connectivity index (χ1n) is 5.01. The van der Waals surface area contributed by atoms with Crippen LogP contribution in [0.5, 0.6) is 0 Å². The van der Waals surface area contributed by atoms with Gasteiger partial charge in [0.25, 0.3) is 5.56 Å². The highest BCUT2D eigenvalue weighted by atomic mass is 16.1. The minimum atomic E-state index is -0.250. The van der Waals surface area contributed by atoms with Crippen LogP contribution in [0.4, 0.5) is 5.95 Å². The molecule has 0 aliphatic carbocycles. The Morgan fingerprint density at radius 1 is 1.47 bits per heavy atom. The summed E-state index contributed by atoms with van der Waals surface area (Å²) in [7, 11) is 1.91. The van der Waals surface area contributed by atoms with Crippen LogP contribution in [0.3, 0.4) is 0 Å². The molecule has 17 heavy (non-hydrogen) atoms. The van der Waals surface area contributed by atoms with Crippen LogP contribution in [0.1, 0.15) is 0 Å². The molecule has 0 saturated heterocycles. The molecule has 0 saturated carbocycles. The van der Waals surface area contributed by atoms with E-state index in [1.165, 1.54) is 10.5 Å². The average Bonchev–Trinajstić information content (AvgIpc) is 2.86. The predicted octanol–water partition coefficient (Wildman–Crippen LogP) is 0.00530. The van der Waals surface area contributed by atoms with Crippen molar-refractivity contribution in [2.75, 3.05) is 5.73 Å². The maximum absolute atomic E-state index is 11.8. The first-order chi connectivity index (χ1) is 8.15. The normalized spacial score (nSPS) is 11.1. The largest absolute Gasteiger partial charge is 0.368 e. The molecule has 3 N–H and O–H groups in total. The number of fused-ring (bicyclic) bond motifs is 1. The summed E-state index contributed by atoms with van der Waals surface area (Å²) in [4.78, 5) is 16.1. The Balaban J connectivity index is 2.29. The number of aryl methyl sites for hydroxylation is 1. The first-order valence-corrected chi connectivity index (χ1v) is 5.01. The van der Waals surface area contributed by atoms with Crippen molar-refractivity contribution in [3.05, 3.63) is 34.9 Å².